The van der Waals surface area contributed by atoms with Gasteiger partial charge in [-0.05, 0) is 23.6 Å². The van der Waals surface area contributed by atoms with Crippen molar-refractivity contribution in [2.45, 2.75) is 0 Å². The van der Waals surface area contributed by atoms with E-state index >= 15 is 0 Å². The van der Waals surface area contributed by atoms with Crippen LogP contribution in [0.15, 0.2) is 59.7 Å². The van der Waals surface area contributed by atoms with Gasteiger partial charge in [-0.3, -0.25) is 4.79 Å². The summed E-state index contributed by atoms with van der Waals surface area (Å²) in [5.74, 6) is 0.351. The van der Waals surface area contributed by atoms with Crippen molar-refractivity contribution < 1.29 is 9.53 Å². The van der Waals surface area contributed by atoms with E-state index in [1.807, 2.05) is 48.5 Å². The molecular formula is C17H13ClN2O2S. The molecule has 1 heterocycles. The highest BCUT2D eigenvalue weighted by Gasteiger charge is 2.05. The Kier molecular flexibility index (Phi) is 4.90. The molecule has 3 aromatic rings. The highest BCUT2D eigenvalue weighted by atomic mass is 35.5. The number of ether oxygens (including phenoxy) is 1. The van der Waals surface area contributed by atoms with Gasteiger partial charge >= 0.3 is 0 Å². The van der Waals surface area contributed by atoms with Crippen molar-refractivity contribution in [2.24, 2.45) is 5.10 Å². The second-order valence-corrected chi connectivity index (χ2v) is 6.45. The van der Waals surface area contributed by atoms with E-state index in [1.54, 1.807) is 12.3 Å². The first-order valence-corrected chi connectivity index (χ1v) is 8.09. The van der Waals surface area contributed by atoms with Gasteiger partial charge in [0.2, 0.25) is 0 Å². The van der Waals surface area contributed by atoms with E-state index < -0.39 is 0 Å². The molecular weight excluding hydrogens is 332 g/mol. The van der Waals surface area contributed by atoms with E-state index in [1.165, 1.54) is 11.3 Å². The second kappa shape index (κ2) is 7.26. The molecule has 1 N–H and O–H groups in total. The van der Waals surface area contributed by atoms with E-state index in [0.29, 0.717) is 10.1 Å². The normalized spacial score (nSPS) is 11.0. The van der Waals surface area contributed by atoms with E-state index in [0.717, 1.165) is 15.6 Å². The number of fused-ring (bicyclic) bond motifs is 1. The summed E-state index contributed by atoms with van der Waals surface area (Å²) >= 11 is 7.20. The number of halogens is 1. The Morgan fingerprint density at radius 3 is 2.83 bits per heavy atom. The second-order valence-electron chi connectivity index (χ2n) is 4.70. The lowest BCUT2D eigenvalue weighted by molar-refractivity contribution is -0.123. The first-order chi connectivity index (χ1) is 11.2. The van der Waals surface area contributed by atoms with Crippen molar-refractivity contribution in [3.05, 3.63) is 63.8 Å². The third-order valence-electron chi connectivity index (χ3n) is 3.08. The number of benzene rings is 2. The molecule has 6 heteroatoms. The summed E-state index contributed by atoms with van der Waals surface area (Å²) in [5, 5.41) is 5.92. The molecule has 0 unspecified atom stereocenters. The zero-order chi connectivity index (χ0) is 16.1. The fraction of sp³-hybridized carbons (Fsp3) is 0.0588. The van der Waals surface area contributed by atoms with Gasteiger partial charge in [-0.25, -0.2) is 5.43 Å². The Bertz CT molecular complexity index is 855. The van der Waals surface area contributed by atoms with Crippen LogP contribution >= 0.6 is 22.9 Å². The molecule has 0 saturated carbocycles. The number of amides is 1. The monoisotopic (exact) mass is 344 g/mol. The van der Waals surface area contributed by atoms with Gasteiger partial charge in [-0.2, -0.15) is 5.10 Å². The van der Waals surface area contributed by atoms with Gasteiger partial charge in [0.15, 0.2) is 6.61 Å². The summed E-state index contributed by atoms with van der Waals surface area (Å²) in [4.78, 5) is 12.6. The average molecular weight is 345 g/mol. The predicted octanol–water partition coefficient (Wildman–Crippen LogP) is 4.08. The molecule has 23 heavy (non-hydrogen) atoms. The Labute approximate surface area is 142 Å². The lowest BCUT2D eigenvalue weighted by Gasteiger charge is -2.08. The molecule has 0 atom stereocenters. The maximum Gasteiger partial charge on any atom is 0.277 e. The Morgan fingerprint density at radius 1 is 1.17 bits per heavy atom. The van der Waals surface area contributed by atoms with Crippen LogP contribution in [0.1, 0.15) is 4.88 Å². The summed E-state index contributed by atoms with van der Waals surface area (Å²) in [6.45, 7) is -0.101. The van der Waals surface area contributed by atoms with Crippen LogP contribution in [0.4, 0.5) is 0 Å². The predicted molar refractivity (Wildman–Crippen MR) is 94.5 cm³/mol. The molecule has 2 aromatic carbocycles. The van der Waals surface area contributed by atoms with E-state index in [4.69, 9.17) is 16.3 Å². The van der Waals surface area contributed by atoms with Crippen molar-refractivity contribution in [1.82, 2.24) is 5.43 Å². The summed E-state index contributed by atoms with van der Waals surface area (Å²) in [7, 11) is 0. The van der Waals surface area contributed by atoms with Crippen LogP contribution in [0.25, 0.3) is 10.8 Å². The third kappa shape index (κ3) is 4.09. The number of thiophene rings is 1. The molecule has 1 amide bonds. The van der Waals surface area contributed by atoms with Crippen LogP contribution in [0.5, 0.6) is 5.75 Å². The third-order valence-corrected chi connectivity index (χ3v) is 4.25. The lowest BCUT2D eigenvalue weighted by Crippen LogP contribution is -2.24. The minimum Gasteiger partial charge on any atom is -0.483 e. The van der Waals surface area contributed by atoms with Gasteiger partial charge in [0.25, 0.3) is 5.91 Å². The SMILES string of the molecule is O=C(COc1cccc2ccccc12)N/N=C/c1ccc(Cl)s1. The molecule has 116 valence electrons. The molecule has 0 aliphatic rings. The highest BCUT2D eigenvalue weighted by molar-refractivity contribution is 7.17. The van der Waals surface area contributed by atoms with Gasteiger partial charge in [-0.15, -0.1) is 11.3 Å². The van der Waals surface area contributed by atoms with Crippen LogP contribution in [-0.2, 0) is 4.79 Å². The maximum absolute atomic E-state index is 11.8. The number of rotatable bonds is 5. The molecule has 0 aliphatic carbocycles. The fourth-order valence-corrected chi connectivity index (χ4v) is 3.00. The van der Waals surface area contributed by atoms with Crippen LogP contribution in [0.2, 0.25) is 4.34 Å². The highest BCUT2D eigenvalue weighted by Crippen LogP contribution is 2.25. The number of carbonyl (C=O) groups is 1. The first-order valence-electron chi connectivity index (χ1n) is 6.90. The Morgan fingerprint density at radius 2 is 2.00 bits per heavy atom. The first kappa shape index (κ1) is 15.5. The van der Waals surface area contributed by atoms with E-state index in [-0.39, 0.29) is 12.5 Å². The van der Waals surface area contributed by atoms with Crippen LogP contribution < -0.4 is 10.2 Å². The molecule has 3 rings (SSSR count). The standard InChI is InChI=1S/C17H13ClN2O2S/c18-16-9-8-13(23-16)10-19-20-17(21)11-22-15-7-3-5-12-4-1-2-6-14(12)15/h1-10H,11H2,(H,20,21)/b19-10+. The van der Waals surface area contributed by atoms with Crippen molar-refractivity contribution in [3.63, 3.8) is 0 Å². The van der Waals surface area contributed by atoms with E-state index in [9.17, 15) is 4.79 Å². The van der Waals surface area contributed by atoms with Crippen molar-refractivity contribution in [1.29, 1.82) is 0 Å². The molecule has 0 saturated heterocycles. The fourth-order valence-electron chi connectivity index (χ4n) is 2.06. The van der Waals surface area contributed by atoms with Crippen LogP contribution in [0.3, 0.4) is 0 Å². The number of nitrogens with one attached hydrogen (secondary N) is 1. The van der Waals surface area contributed by atoms with Crippen molar-refractivity contribution >= 4 is 45.8 Å². The van der Waals surface area contributed by atoms with Crippen LogP contribution in [0, 0.1) is 0 Å². The Balaban J connectivity index is 1.57. The largest absolute Gasteiger partial charge is 0.483 e. The van der Waals surface area contributed by atoms with Crippen LogP contribution in [-0.4, -0.2) is 18.7 Å². The smallest absolute Gasteiger partial charge is 0.277 e. The molecule has 0 aliphatic heterocycles. The number of nitrogens with zero attached hydrogens (tertiary/aromatic N) is 1. The van der Waals surface area contributed by atoms with E-state index in [2.05, 4.69) is 10.5 Å². The zero-order valence-electron chi connectivity index (χ0n) is 12.0. The maximum atomic E-state index is 11.8. The lowest BCUT2D eigenvalue weighted by atomic mass is 10.1. The zero-order valence-corrected chi connectivity index (χ0v) is 13.6. The Hall–Kier alpha value is -2.37. The number of hydrogen-bond acceptors (Lipinski definition) is 4. The molecule has 0 spiro atoms. The van der Waals surface area contributed by atoms with Crippen molar-refractivity contribution in [2.75, 3.05) is 6.61 Å². The topological polar surface area (TPSA) is 50.7 Å². The minimum atomic E-state index is -0.322. The minimum absolute atomic E-state index is 0.101. The van der Waals surface area contributed by atoms with Gasteiger partial charge in [0.05, 0.1) is 10.6 Å². The average Bonchev–Trinajstić information content (AvgIpc) is 2.98. The summed E-state index contributed by atoms with van der Waals surface area (Å²) in [5.41, 5.74) is 2.43. The summed E-state index contributed by atoms with van der Waals surface area (Å²) in [6.07, 6.45) is 1.55. The number of carbonyl (C=O) groups excluding carboxylic acids is 1. The molecule has 0 bridgehead atoms. The number of hydrazone groups is 1. The molecule has 4 nitrogen and oxygen atoms in total. The van der Waals surface area contributed by atoms with Gasteiger partial charge in [-0.1, -0.05) is 48.0 Å². The quantitative estimate of drug-likeness (QED) is 0.560. The van der Waals surface area contributed by atoms with Gasteiger partial charge < -0.3 is 4.74 Å². The van der Waals surface area contributed by atoms with Gasteiger partial charge in [0.1, 0.15) is 5.75 Å². The molecule has 1 aromatic heterocycles. The summed E-state index contributed by atoms with van der Waals surface area (Å²) in [6, 6.07) is 17.2. The molecule has 0 fully saturated rings. The van der Waals surface area contributed by atoms with Crippen molar-refractivity contribution in [3.8, 4) is 5.75 Å². The molecule has 0 radical (unpaired) electrons. The van der Waals surface area contributed by atoms with Gasteiger partial charge in [0, 0.05) is 10.3 Å². The number of hydrogen-bond donors (Lipinski definition) is 1. The summed E-state index contributed by atoms with van der Waals surface area (Å²) < 4.78 is 6.26.